The van der Waals surface area contributed by atoms with Gasteiger partial charge in [0.1, 0.15) is 5.75 Å². The van der Waals surface area contributed by atoms with Crippen LogP contribution >= 0.6 is 27.3 Å². The molecule has 0 radical (unpaired) electrons. The number of halogens is 1. The summed E-state index contributed by atoms with van der Waals surface area (Å²) >= 11 is 5.04. The molecule has 0 aliphatic heterocycles. The molecule has 1 N–H and O–H groups in total. The van der Waals surface area contributed by atoms with Crippen LogP contribution in [0.1, 0.15) is 20.9 Å². The predicted octanol–water partition coefficient (Wildman–Crippen LogP) is 4.86. The van der Waals surface area contributed by atoms with Crippen molar-refractivity contribution in [1.29, 1.82) is 0 Å². The lowest BCUT2D eigenvalue weighted by molar-refractivity contribution is 0.0954. The minimum Gasteiger partial charge on any atom is -0.496 e. The van der Waals surface area contributed by atoms with Gasteiger partial charge in [0.25, 0.3) is 5.91 Å². The third kappa shape index (κ3) is 4.51. The van der Waals surface area contributed by atoms with E-state index in [4.69, 9.17) is 4.74 Å². The molecular formula is C20H19BrN2O2S. The molecule has 0 saturated heterocycles. The van der Waals surface area contributed by atoms with E-state index in [1.165, 1.54) is 5.56 Å². The molecule has 1 amide bonds. The molecule has 6 heteroatoms. The Morgan fingerprint density at radius 2 is 2.00 bits per heavy atom. The molecule has 0 spiro atoms. The largest absolute Gasteiger partial charge is 0.496 e. The van der Waals surface area contributed by atoms with Gasteiger partial charge in [0.15, 0.2) is 0 Å². The highest BCUT2D eigenvalue weighted by Crippen LogP contribution is 2.25. The lowest BCUT2D eigenvalue weighted by Crippen LogP contribution is -2.25. The first-order chi connectivity index (χ1) is 12.6. The standard InChI is InChI=1S/C20H19BrN2O2S/c1-13-23-18(12-26-13)15-5-3-14(4-6-15)9-10-22-20(24)16-7-8-17(21)19(11-16)25-2/h3-8,11-12H,9-10H2,1-2H3,(H,22,24). The fourth-order valence-corrected chi connectivity index (χ4v) is 3.59. The van der Waals surface area contributed by atoms with E-state index in [1.807, 2.05) is 13.0 Å². The monoisotopic (exact) mass is 430 g/mol. The lowest BCUT2D eigenvalue weighted by atomic mass is 10.1. The Morgan fingerprint density at radius 1 is 1.23 bits per heavy atom. The molecule has 3 rings (SSSR count). The molecule has 0 atom stereocenters. The molecule has 0 aliphatic carbocycles. The Hall–Kier alpha value is -2.18. The number of nitrogens with one attached hydrogen (secondary N) is 1. The van der Waals surface area contributed by atoms with E-state index in [2.05, 4.69) is 55.9 Å². The van der Waals surface area contributed by atoms with Gasteiger partial charge in [-0.1, -0.05) is 24.3 Å². The van der Waals surface area contributed by atoms with Gasteiger partial charge in [0.2, 0.25) is 0 Å². The van der Waals surface area contributed by atoms with Crippen LogP contribution in [-0.4, -0.2) is 24.5 Å². The van der Waals surface area contributed by atoms with Gasteiger partial charge in [-0.2, -0.15) is 0 Å². The van der Waals surface area contributed by atoms with E-state index in [-0.39, 0.29) is 5.91 Å². The fraction of sp³-hybridized carbons (Fsp3) is 0.200. The van der Waals surface area contributed by atoms with Crippen molar-refractivity contribution in [2.75, 3.05) is 13.7 Å². The summed E-state index contributed by atoms with van der Waals surface area (Å²) in [6.07, 6.45) is 0.774. The Labute approximate surface area is 165 Å². The van der Waals surface area contributed by atoms with Gasteiger partial charge in [0, 0.05) is 23.1 Å². The average molecular weight is 431 g/mol. The van der Waals surface area contributed by atoms with Gasteiger partial charge in [-0.15, -0.1) is 11.3 Å². The number of thiazole rings is 1. The normalized spacial score (nSPS) is 10.6. The molecule has 1 aromatic heterocycles. The minimum absolute atomic E-state index is 0.106. The van der Waals surface area contributed by atoms with Gasteiger partial charge in [-0.3, -0.25) is 4.79 Å². The summed E-state index contributed by atoms with van der Waals surface area (Å²) in [5.41, 5.74) is 3.88. The number of amides is 1. The van der Waals surface area contributed by atoms with Gasteiger partial charge in [-0.25, -0.2) is 4.98 Å². The van der Waals surface area contributed by atoms with E-state index in [9.17, 15) is 4.79 Å². The van der Waals surface area contributed by atoms with Crippen LogP contribution in [0.2, 0.25) is 0 Å². The molecular weight excluding hydrogens is 412 g/mol. The molecule has 26 heavy (non-hydrogen) atoms. The number of methoxy groups -OCH3 is 1. The Kier molecular flexibility index (Phi) is 6.06. The van der Waals surface area contributed by atoms with Crippen molar-refractivity contribution in [3.8, 4) is 17.0 Å². The van der Waals surface area contributed by atoms with E-state index in [1.54, 1.807) is 30.6 Å². The molecule has 0 saturated carbocycles. The Balaban J connectivity index is 1.55. The van der Waals surface area contributed by atoms with Crippen molar-refractivity contribution >= 4 is 33.2 Å². The number of aromatic nitrogens is 1. The average Bonchev–Trinajstić information content (AvgIpc) is 3.09. The molecule has 2 aromatic carbocycles. The van der Waals surface area contributed by atoms with Crippen LogP contribution in [-0.2, 0) is 6.42 Å². The second-order valence-electron chi connectivity index (χ2n) is 5.80. The summed E-state index contributed by atoms with van der Waals surface area (Å²) in [6, 6.07) is 13.6. The van der Waals surface area contributed by atoms with Crippen LogP contribution in [0.25, 0.3) is 11.3 Å². The second-order valence-corrected chi connectivity index (χ2v) is 7.72. The first-order valence-corrected chi connectivity index (χ1v) is 9.87. The number of nitrogens with zero attached hydrogens (tertiary/aromatic N) is 1. The molecule has 0 fully saturated rings. The third-order valence-electron chi connectivity index (χ3n) is 3.98. The highest BCUT2D eigenvalue weighted by atomic mass is 79.9. The quantitative estimate of drug-likeness (QED) is 0.607. The van der Waals surface area contributed by atoms with E-state index in [0.29, 0.717) is 17.9 Å². The summed E-state index contributed by atoms with van der Waals surface area (Å²) in [4.78, 5) is 16.8. The first-order valence-electron chi connectivity index (χ1n) is 8.20. The van der Waals surface area contributed by atoms with Crippen LogP contribution in [0.3, 0.4) is 0 Å². The number of hydrogen-bond acceptors (Lipinski definition) is 4. The number of carbonyl (C=O) groups is 1. The number of hydrogen-bond donors (Lipinski definition) is 1. The van der Waals surface area contributed by atoms with E-state index in [0.717, 1.165) is 27.2 Å². The summed E-state index contributed by atoms with van der Waals surface area (Å²) in [5.74, 6) is 0.538. The third-order valence-corrected chi connectivity index (χ3v) is 5.41. The summed E-state index contributed by atoms with van der Waals surface area (Å²) in [7, 11) is 1.58. The smallest absolute Gasteiger partial charge is 0.251 e. The van der Waals surface area contributed by atoms with Crippen molar-refractivity contribution < 1.29 is 9.53 Å². The van der Waals surface area contributed by atoms with Gasteiger partial charge in [-0.05, 0) is 53.0 Å². The zero-order chi connectivity index (χ0) is 18.5. The Morgan fingerprint density at radius 3 is 2.65 bits per heavy atom. The van der Waals surface area contributed by atoms with Gasteiger partial charge >= 0.3 is 0 Å². The zero-order valence-electron chi connectivity index (χ0n) is 14.6. The van der Waals surface area contributed by atoms with Crippen molar-refractivity contribution in [2.45, 2.75) is 13.3 Å². The number of benzene rings is 2. The highest BCUT2D eigenvalue weighted by molar-refractivity contribution is 9.10. The highest BCUT2D eigenvalue weighted by Gasteiger charge is 2.09. The minimum atomic E-state index is -0.106. The maximum atomic E-state index is 12.3. The topological polar surface area (TPSA) is 51.2 Å². The first kappa shape index (κ1) is 18.6. The van der Waals surface area contributed by atoms with Crippen LogP contribution in [0.5, 0.6) is 5.75 Å². The number of carbonyl (C=O) groups excluding carboxylic acids is 1. The van der Waals surface area contributed by atoms with E-state index < -0.39 is 0 Å². The molecule has 0 aliphatic rings. The summed E-state index contributed by atoms with van der Waals surface area (Å²) in [6.45, 7) is 2.58. The maximum absolute atomic E-state index is 12.3. The fourth-order valence-electron chi connectivity index (χ4n) is 2.56. The van der Waals surface area contributed by atoms with Crippen LogP contribution in [0.4, 0.5) is 0 Å². The van der Waals surface area contributed by atoms with Crippen LogP contribution in [0.15, 0.2) is 52.3 Å². The SMILES string of the molecule is COc1cc(C(=O)NCCc2ccc(-c3csc(C)n3)cc2)ccc1Br. The molecule has 4 nitrogen and oxygen atoms in total. The number of ether oxygens (including phenoxy) is 1. The van der Waals surface area contributed by atoms with Crippen molar-refractivity contribution in [2.24, 2.45) is 0 Å². The molecule has 3 aromatic rings. The van der Waals surface area contributed by atoms with Crippen molar-refractivity contribution in [3.63, 3.8) is 0 Å². The molecule has 1 heterocycles. The van der Waals surface area contributed by atoms with E-state index >= 15 is 0 Å². The molecule has 134 valence electrons. The second kappa shape index (κ2) is 8.47. The van der Waals surface area contributed by atoms with Crippen molar-refractivity contribution in [1.82, 2.24) is 10.3 Å². The maximum Gasteiger partial charge on any atom is 0.251 e. The van der Waals surface area contributed by atoms with Crippen LogP contribution < -0.4 is 10.1 Å². The van der Waals surface area contributed by atoms with Crippen LogP contribution in [0, 0.1) is 6.92 Å². The summed E-state index contributed by atoms with van der Waals surface area (Å²) < 4.78 is 6.05. The lowest BCUT2D eigenvalue weighted by Gasteiger charge is -2.08. The number of aryl methyl sites for hydroxylation is 1. The molecule has 0 unspecified atom stereocenters. The van der Waals surface area contributed by atoms with Gasteiger partial charge in [0.05, 0.1) is 22.3 Å². The molecule has 0 bridgehead atoms. The number of rotatable bonds is 6. The summed E-state index contributed by atoms with van der Waals surface area (Å²) in [5, 5.41) is 6.08. The Bertz CT molecular complexity index is 906. The van der Waals surface area contributed by atoms with Crippen molar-refractivity contribution in [3.05, 3.63) is 68.5 Å². The zero-order valence-corrected chi connectivity index (χ0v) is 17.0. The predicted molar refractivity (Wildman–Crippen MR) is 109 cm³/mol. The van der Waals surface area contributed by atoms with Gasteiger partial charge < -0.3 is 10.1 Å².